The first-order valence-electron chi connectivity index (χ1n) is 6.64. The van der Waals surface area contributed by atoms with Gasteiger partial charge in [-0.15, -0.1) is 0 Å². The van der Waals surface area contributed by atoms with Crippen LogP contribution in [0.5, 0.6) is 0 Å². The van der Waals surface area contributed by atoms with Crippen molar-refractivity contribution in [2.45, 2.75) is 43.5 Å². The van der Waals surface area contributed by atoms with Gasteiger partial charge in [0.1, 0.15) is 4.90 Å². The van der Waals surface area contributed by atoms with E-state index in [4.69, 9.17) is 5.84 Å². The van der Waals surface area contributed by atoms with Crippen molar-refractivity contribution < 1.29 is 8.42 Å². The first kappa shape index (κ1) is 15.7. The molecule has 1 aromatic rings. The number of aromatic nitrogens is 1. The highest BCUT2D eigenvalue weighted by molar-refractivity contribution is 9.10. The summed E-state index contributed by atoms with van der Waals surface area (Å²) in [5, 5.41) is 0. The summed E-state index contributed by atoms with van der Waals surface area (Å²) in [6, 6.07) is 1.59. The highest BCUT2D eigenvalue weighted by Crippen LogP contribution is 2.30. The molecule has 0 radical (unpaired) electrons. The van der Waals surface area contributed by atoms with Crippen LogP contribution in [0.4, 0.5) is 5.82 Å². The Balaban J connectivity index is 2.46. The van der Waals surface area contributed by atoms with E-state index in [-0.39, 0.29) is 16.8 Å². The summed E-state index contributed by atoms with van der Waals surface area (Å²) >= 11 is 3.26. The number of sulfonamides is 1. The lowest BCUT2D eigenvalue weighted by Gasteiger charge is -2.34. The number of nitrogen functional groups attached to an aromatic ring is 1. The van der Waals surface area contributed by atoms with Gasteiger partial charge in [0.15, 0.2) is 5.82 Å². The van der Waals surface area contributed by atoms with Crippen molar-refractivity contribution in [2.75, 3.05) is 12.0 Å². The number of hydrazine groups is 1. The fourth-order valence-corrected chi connectivity index (χ4v) is 4.93. The van der Waals surface area contributed by atoms with Crippen molar-refractivity contribution in [3.05, 3.63) is 16.7 Å². The summed E-state index contributed by atoms with van der Waals surface area (Å²) in [4.78, 5) is 4.14. The lowest BCUT2D eigenvalue weighted by atomic mass is 10.0. The molecule has 0 bridgehead atoms. The highest BCUT2D eigenvalue weighted by Gasteiger charge is 2.34. The number of nitrogens with two attached hydrogens (primary N) is 1. The van der Waals surface area contributed by atoms with Crippen molar-refractivity contribution in [1.82, 2.24) is 9.29 Å². The van der Waals surface area contributed by atoms with E-state index in [1.165, 1.54) is 6.20 Å². The number of nitrogens with one attached hydrogen (secondary N) is 1. The van der Waals surface area contributed by atoms with Gasteiger partial charge < -0.3 is 5.43 Å². The predicted molar refractivity (Wildman–Crippen MR) is 81.6 cm³/mol. The van der Waals surface area contributed by atoms with Crippen LogP contribution in [0.3, 0.4) is 0 Å². The van der Waals surface area contributed by atoms with Gasteiger partial charge in [-0.05, 0) is 41.3 Å². The smallest absolute Gasteiger partial charge is 0.247 e. The summed E-state index contributed by atoms with van der Waals surface area (Å²) in [5.74, 6) is 5.56. The predicted octanol–water partition coefficient (Wildman–Crippen LogP) is 2.08. The molecule has 0 aromatic carbocycles. The maximum atomic E-state index is 12.9. The molecular formula is C12H19BrN4O2S. The summed E-state index contributed by atoms with van der Waals surface area (Å²) in [6.45, 7) is 2.57. The molecule has 112 valence electrons. The van der Waals surface area contributed by atoms with E-state index in [2.05, 4.69) is 26.3 Å². The quantitative estimate of drug-likeness (QED) is 0.632. The molecule has 0 aliphatic carbocycles. The number of anilines is 1. The van der Waals surface area contributed by atoms with Crippen LogP contribution in [0.25, 0.3) is 0 Å². The molecule has 1 aliphatic rings. The van der Waals surface area contributed by atoms with Crippen molar-refractivity contribution in [1.29, 1.82) is 0 Å². The van der Waals surface area contributed by atoms with Gasteiger partial charge in [0.2, 0.25) is 10.0 Å². The number of halogens is 1. The molecule has 1 fully saturated rings. The van der Waals surface area contributed by atoms with Gasteiger partial charge in [-0.25, -0.2) is 19.2 Å². The van der Waals surface area contributed by atoms with Crippen LogP contribution >= 0.6 is 15.9 Å². The number of nitrogens with zero attached hydrogens (tertiary/aromatic N) is 2. The minimum Gasteiger partial charge on any atom is -0.307 e. The Hall–Kier alpha value is -0.700. The minimum absolute atomic E-state index is 0.0540. The van der Waals surface area contributed by atoms with Crippen LogP contribution in [0, 0.1) is 0 Å². The molecular weight excluding hydrogens is 344 g/mol. The second-order valence-electron chi connectivity index (χ2n) is 4.82. The van der Waals surface area contributed by atoms with Gasteiger partial charge in [0.05, 0.1) is 0 Å². The molecule has 0 amide bonds. The molecule has 2 heterocycles. The summed E-state index contributed by atoms with van der Waals surface area (Å²) in [6.07, 6.45) is 5.20. The van der Waals surface area contributed by atoms with Crippen LogP contribution < -0.4 is 11.3 Å². The van der Waals surface area contributed by atoms with E-state index in [1.807, 2.05) is 6.92 Å². The van der Waals surface area contributed by atoms with Crippen molar-refractivity contribution in [2.24, 2.45) is 5.84 Å². The van der Waals surface area contributed by atoms with E-state index >= 15 is 0 Å². The minimum atomic E-state index is -3.59. The largest absolute Gasteiger partial charge is 0.307 e. The second-order valence-corrected chi connectivity index (χ2v) is 7.59. The van der Waals surface area contributed by atoms with Gasteiger partial charge in [-0.2, -0.15) is 4.31 Å². The van der Waals surface area contributed by atoms with Crippen LogP contribution in [-0.2, 0) is 10.0 Å². The Bertz CT molecular complexity index is 579. The fraction of sp³-hybridized carbons (Fsp3) is 0.583. The number of pyridine rings is 1. The van der Waals surface area contributed by atoms with Gasteiger partial charge in [-0.1, -0.05) is 13.3 Å². The Morgan fingerprint density at radius 2 is 2.30 bits per heavy atom. The molecule has 0 saturated carbocycles. The van der Waals surface area contributed by atoms with Gasteiger partial charge >= 0.3 is 0 Å². The number of piperidine rings is 1. The lowest BCUT2D eigenvalue weighted by molar-refractivity contribution is 0.246. The van der Waals surface area contributed by atoms with Crippen molar-refractivity contribution >= 4 is 31.8 Å². The number of hydrogen-bond acceptors (Lipinski definition) is 5. The highest BCUT2D eigenvalue weighted by atomic mass is 79.9. The van der Waals surface area contributed by atoms with Crippen LogP contribution in [0.15, 0.2) is 21.6 Å². The first-order valence-corrected chi connectivity index (χ1v) is 8.88. The average Bonchev–Trinajstić information content (AvgIpc) is 2.47. The maximum absolute atomic E-state index is 12.9. The zero-order valence-corrected chi connectivity index (χ0v) is 13.7. The van der Waals surface area contributed by atoms with E-state index in [0.717, 1.165) is 25.7 Å². The SMILES string of the molecule is CCC1CCCCN1S(=O)(=O)c1cc(Br)cnc1NN. The molecule has 8 heteroatoms. The average molecular weight is 363 g/mol. The van der Waals surface area contributed by atoms with E-state index < -0.39 is 10.0 Å². The van der Waals surface area contributed by atoms with E-state index in [9.17, 15) is 8.42 Å². The summed E-state index contributed by atoms with van der Waals surface area (Å²) < 4.78 is 27.9. The zero-order chi connectivity index (χ0) is 14.8. The van der Waals surface area contributed by atoms with E-state index in [1.54, 1.807) is 10.4 Å². The Morgan fingerprint density at radius 1 is 1.55 bits per heavy atom. The monoisotopic (exact) mass is 362 g/mol. The summed E-state index contributed by atoms with van der Waals surface area (Å²) in [5.41, 5.74) is 2.36. The normalized spacial score (nSPS) is 20.9. The molecule has 1 aliphatic heterocycles. The standard InChI is InChI=1S/C12H19BrN4O2S/c1-2-10-5-3-4-6-17(10)20(18,19)11-7-9(13)8-15-12(11)16-14/h7-8,10H,2-6,14H2,1H3,(H,15,16). The molecule has 2 rings (SSSR count). The Morgan fingerprint density at radius 3 is 2.95 bits per heavy atom. The Labute approximate surface area is 127 Å². The third kappa shape index (κ3) is 2.98. The topological polar surface area (TPSA) is 88.3 Å². The first-order chi connectivity index (χ1) is 9.50. The van der Waals surface area contributed by atoms with Crippen molar-refractivity contribution in [3.63, 3.8) is 0 Å². The molecule has 3 N–H and O–H groups in total. The molecule has 6 nitrogen and oxygen atoms in total. The lowest BCUT2D eigenvalue weighted by Crippen LogP contribution is -2.43. The Kier molecular flexibility index (Phi) is 5.00. The summed E-state index contributed by atoms with van der Waals surface area (Å²) in [7, 11) is -3.59. The molecule has 1 atom stereocenters. The van der Waals surface area contributed by atoms with Gasteiger partial charge in [0.25, 0.3) is 0 Å². The third-order valence-electron chi connectivity index (χ3n) is 3.59. The number of hydrogen-bond donors (Lipinski definition) is 2. The molecule has 0 spiro atoms. The molecule has 1 saturated heterocycles. The van der Waals surface area contributed by atoms with Gasteiger partial charge in [-0.3, -0.25) is 0 Å². The third-order valence-corrected chi connectivity index (χ3v) is 5.99. The zero-order valence-electron chi connectivity index (χ0n) is 11.3. The number of rotatable bonds is 4. The molecule has 20 heavy (non-hydrogen) atoms. The van der Waals surface area contributed by atoms with Crippen molar-refractivity contribution in [3.8, 4) is 0 Å². The van der Waals surface area contributed by atoms with Crippen LogP contribution in [0.2, 0.25) is 0 Å². The molecule has 1 aromatic heterocycles. The van der Waals surface area contributed by atoms with Crippen LogP contribution in [0.1, 0.15) is 32.6 Å². The van der Waals surface area contributed by atoms with Crippen LogP contribution in [-0.4, -0.2) is 30.3 Å². The van der Waals surface area contributed by atoms with Gasteiger partial charge in [0, 0.05) is 23.3 Å². The fourth-order valence-electron chi connectivity index (χ4n) is 2.55. The van der Waals surface area contributed by atoms with E-state index in [0.29, 0.717) is 11.0 Å². The molecule has 1 unspecified atom stereocenters. The second kappa shape index (κ2) is 6.38. The maximum Gasteiger partial charge on any atom is 0.247 e.